The molecule has 11 rings (SSSR count). The number of fused-ring (bicyclic) bond motifs is 4. The summed E-state index contributed by atoms with van der Waals surface area (Å²) in [4.78, 5) is 54.5. The molecule has 10 aliphatic rings. The molecule has 19 heteroatoms. The van der Waals surface area contributed by atoms with Gasteiger partial charge in [-0.1, -0.05) is 19.9 Å². The van der Waals surface area contributed by atoms with E-state index in [1.54, 1.807) is 13.8 Å². The first kappa shape index (κ1) is 39.9. The average molecular weight is 830 g/mol. The number of carbonyl (C=O) groups excluding carboxylic acids is 2. The Bertz CT molecular complexity index is 1810. The smallest absolute Gasteiger partial charge is 0.449 e. The van der Waals surface area contributed by atoms with Gasteiger partial charge in [0.15, 0.2) is 11.2 Å². The van der Waals surface area contributed by atoms with E-state index in [9.17, 15) is 35.9 Å². The normalized spacial score (nSPS) is 41.7. The SMILES string of the molecule is C[C@@H]1CC[C@H]2C(CNC(=O)c3cccc(C(=O)NCC4=C(C(F)(F)F)O[C@@H]5OC6(C)CC[C@H]7[C@H](C)CC[C@@H]4[C@@]57OO6)n3)=C(C(F)(F)F)O[C@@H]3OC4(C)CC[C@@H]1[C@]32OO4. The Morgan fingerprint density at radius 2 is 1.09 bits per heavy atom. The quantitative estimate of drug-likeness (QED) is 0.235. The van der Waals surface area contributed by atoms with Gasteiger partial charge >= 0.3 is 12.4 Å². The zero-order chi connectivity index (χ0) is 41.2. The number of alkyl halides is 6. The molecule has 1 aromatic heterocycles. The molecule has 6 saturated heterocycles. The number of hydrogen-bond donors (Lipinski definition) is 2. The summed E-state index contributed by atoms with van der Waals surface area (Å²) in [5, 5.41) is 5.02. The standard InChI is InChI=1S/C39H45F6N3O10/c1-18-8-10-24-20(28(38(40,41)42)51-32-36(24)22(18)12-14-34(3,53-32)55-57-36)16-46-30(49)26-6-5-7-27(48-26)31(50)47-17-21-25-11-9-19(2)23-13-15-35(4)54-33(37(23,25)58-56-35)52-29(21)39(43,44)45/h5-7,18-19,22-25,32-33H,8-17H2,1-4H3,(H,46,49)(H,47,50)/t18-,19-,22+,23+,24+,25+,32-,33-,34?,35?,36-,37-/m1/s1. The van der Waals surface area contributed by atoms with Crippen molar-refractivity contribution in [3.05, 3.63) is 52.3 Å². The summed E-state index contributed by atoms with van der Waals surface area (Å²) < 4.78 is 111. The largest absolute Gasteiger partial charge is 0.456 e. The number of aromatic nitrogens is 1. The number of carbonyl (C=O) groups is 2. The number of nitrogens with one attached hydrogen (secondary N) is 2. The summed E-state index contributed by atoms with van der Waals surface area (Å²) in [6.45, 7) is 6.00. The van der Waals surface area contributed by atoms with Gasteiger partial charge in [0.25, 0.3) is 11.8 Å². The predicted molar refractivity (Wildman–Crippen MR) is 183 cm³/mol. The van der Waals surface area contributed by atoms with Gasteiger partial charge in [0.1, 0.15) is 11.4 Å². The Balaban J connectivity index is 0.944. The zero-order valence-corrected chi connectivity index (χ0v) is 32.2. The van der Waals surface area contributed by atoms with Crippen LogP contribution >= 0.6 is 0 Å². The molecule has 4 bridgehead atoms. The van der Waals surface area contributed by atoms with Crippen LogP contribution < -0.4 is 10.6 Å². The number of allylic oxidation sites excluding steroid dienone is 2. The molecular formula is C39H45F6N3O10. The molecule has 13 nitrogen and oxygen atoms in total. The van der Waals surface area contributed by atoms with Crippen molar-refractivity contribution in [1.29, 1.82) is 0 Å². The summed E-state index contributed by atoms with van der Waals surface area (Å²) >= 11 is 0. The van der Waals surface area contributed by atoms with Crippen molar-refractivity contribution in [3.8, 4) is 0 Å². The third-order valence-electron chi connectivity index (χ3n) is 13.9. The molecule has 2 N–H and O–H groups in total. The van der Waals surface area contributed by atoms with Crippen LogP contribution in [0.2, 0.25) is 0 Å². The highest BCUT2D eigenvalue weighted by atomic mass is 19.4. The van der Waals surface area contributed by atoms with Gasteiger partial charge in [0.2, 0.25) is 35.7 Å². The van der Waals surface area contributed by atoms with Gasteiger partial charge in [-0.25, -0.2) is 24.5 Å². The second-order valence-electron chi connectivity index (χ2n) is 17.4. The Morgan fingerprint density at radius 1 is 0.672 bits per heavy atom. The first-order chi connectivity index (χ1) is 27.3. The molecule has 2 spiro atoms. The van der Waals surface area contributed by atoms with E-state index in [2.05, 4.69) is 15.6 Å². The van der Waals surface area contributed by atoms with E-state index >= 15 is 0 Å². The Hall–Kier alpha value is -3.49. The van der Waals surface area contributed by atoms with Gasteiger partial charge in [-0.2, -0.15) is 26.3 Å². The van der Waals surface area contributed by atoms with Crippen molar-refractivity contribution in [2.24, 2.45) is 35.5 Å². The fraction of sp³-hybridized carbons (Fsp3) is 0.718. The average Bonchev–Trinajstić information content (AvgIpc) is 3.55. The van der Waals surface area contributed by atoms with Crippen LogP contribution in [0.5, 0.6) is 0 Å². The van der Waals surface area contributed by atoms with E-state index in [1.807, 2.05) is 13.8 Å². The summed E-state index contributed by atoms with van der Waals surface area (Å²) in [5.74, 6) is -9.11. The summed E-state index contributed by atoms with van der Waals surface area (Å²) in [7, 11) is 0. The summed E-state index contributed by atoms with van der Waals surface area (Å²) in [6, 6.07) is 3.85. The molecule has 8 fully saturated rings. The van der Waals surface area contributed by atoms with Crippen LogP contribution in [0.4, 0.5) is 26.3 Å². The van der Waals surface area contributed by atoms with E-state index in [0.717, 1.165) is 0 Å². The van der Waals surface area contributed by atoms with E-state index in [1.165, 1.54) is 18.2 Å². The van der Waals surface area contributed by atoms with Gasteiger partial charge < -0.3 is 29.6 Å². The highest BCUT2D eigenvalue weighted by molar-refractivity contribution is 5.96. The molecule has 2 unspecified atom stereocenters. The fourth-order valence-electron chi connectivity index (χ4n) is 11.1. The number of halogens is 6. The number of nitrogens with zero attached hydrogens (tertiary/aromatic N) is 1. The number of hydrogen-bond acceptors (Lipinski definition) is 11. The third kappa shape index (κ3) is 6.15. The van der Waals surface area contributed by atoms with Crippen molar-refractivity contribution in [3.63, 3.8) is 0 Å². The lowest BCUT2D eigenvalue weighted by molar-refractivity contribution is -0.557. The molecular weight excluding hydrogens is 784 g/mol. The van der Waals surface area contributed by atoms with Gasteiger partial charge in [-0.3, -0.25) is 9.59 Å². The van der Waals surface area contributed by atoms with Crippen molar-refractivity contribution in [1.82, 2.24) is 15.6 Å². The number of pyridine rings is 1. The lowest BCUT2D eigenvalue weighted by Gasteiger charge is -2.57. The lowest BCUT2D eigenvalue weighted by atomic mass is 9.59. The Morgan fingerprint density at radius 3 is 1.48 bits per heavy atom. The van der Waals surface area contributed by atoms with Crippen molar-refractivity contribution >= 4 is 11.8 Å². The van der Waals surface area contributed by atoms with E-state index in [0.29, 0.717) is 38.5 Å². The van der Waals surface area contributed by atoms with Crippen LogP contribution in [-0.4, -0.2) is 77.6 Å². The van der Waals surface area contributed by atoms with Gasteiger partial charge in [-0.05, 0) is 76.3 Å². The van der Waals surface area contributed by atoms with Crippen molar-refractivity contribution in [2.45, 2.75) is 127 Å². The highest BCUT2D eigenvalue weighted by Gasteiger charge is 2.72. The van der Waals surface area contributed by atoms with Crippen molar-refractivity contribution in [2.75, 3.05) is 13.1 Å². The summed E-state index contributed by atoms with van der Waals surface area (Å²) in [5.41, 5.74) is -3.88. The first-order valence-electron chi connectivity index (χ1n) is 19.8. The van der Waals surface area contributed by atoms with Crippen LogP contribution in [0, 0.1) is 35.5 Å². The van der Waals surface area contributed by atoms with Gasteiger partial charge in [-0.15, -0.1) is 0 Å². The molecule has 58 heavy (non-hydrogen) atoms. The van der Waals surface area contributed by atoms with Gasteiger partial charge in [0.05, 0.1) is 0 Å². The minimum Gasteiger partial charge on any atom is -0.456 e. The molecule has 0 aromatic carbocycles. The van der Waals surface area contributed by atoms with Crippen LogP contribution in [-0.2, 0) is 38.5 Å². The third-order valence-corrected chi connectivity index (χ3v) is 13.9. The number of rotatable bonds is 6. The van der Waals surface area contributed by atoms with E-state index in [4.69, 9.17) is 38.5 Å². The second kappa shape index (κ2) is 13.5. The van der Waals surface area contributed by atoms with Crippen LogP contribution in [0.25, 0.3) is 0 Å². The van der Waals surface area contributed by atoms with Crippen LogP contribution in [0.3, 0.4) is 0 Å². The monoisotopic (exact) mass is 829 g/mol. The fourth-order valence-corrected chi connectivity index (χ4v) is 11.1. The maximum atomic E-state index is 14.6. The maximum Gasteiger partial charge on any atom is 0.449 e. The Labute approximate surface area is 329 Å². The van der Waals surface area contributed by atoms with Crippen molar-refractivity contribution < 1.29 is 74.4 Å². The highest BCUT2D eigenvalue weighted by Crippen LogP contribution is 2.63. The molecule has 9 heterocycles. The first-order valence-corrected chi connectivity index (χ1v) is 19.8. The molecule has 1 aromatic rings. The topological polar surface area (TPSA) is 145 Å². The predicted octanol–water partition coefficient (Wildman–Crippen LogP) is 6.67. The molecule has 8 aliphatic heterocycles. The number of ether oxygens (including phenoxy) is 4. The molecule has 2 amide bonds. The zero-order valence-electron chi connectivity index (χ0n) is 32.2. The van der Waals surface area contributed by atoms with Crippen LogP contribution in [0.15, 0.2) is 40.9 Å². The molecule has 318 valence electrons. The van der Waals surface area contributed by atoms with Crippen LogP contribution in [0.1, 0.15) is 100 Å². The molecule has 2 saturated carbocycles. The molecule has 12 atom stereocenters. The van der Waals surface area contributed by atoms with E-state index in [-0.39, 0.29) is 59.0 Å². The summed E-state index contributed by atoms with van der Waals surface area (Å²) in [6.07, 6.45) is -9.02. The Kier molecular flexibility index (Phi) is 9.30. The lowest BCUT2D eigenvalue weighted by Crippen LogP contribution is -2.67. The van der Waals surface area contributed by atoms with E-state index < -0.39 is 96.0 Å². The minimum absolute atomic E-state index is 0.0602. The molecule has 2 aliphatic carbocycles. The minimum atomic E-state index is -4.94. The maximum absolute atomic E-state index is 14.6. The second-order valence-corrected chi connectivity index (χ2v) is 17.4. The van der Waals surface area contributed by atoms with Gasteiger partial charge in [0, 0.05) is 60.7 Å². The molecule has 0 radical (unpaired) electrons. The number of amides is 2.